The van der Waals surface area contributed by atoms with E-state index in [1.807, 2.05) is 20.8 Å². The molecule has 0 aliphatic carbocycles. The van der Waals surface area contributed by atoms with Gasteiger partial charge in [0.15, 0.2) is 5.13 Å². The van der Waals surface area contributed by atoms with Gasteiger partial charge in [0.25, 0.3) is 0 Å². The van der Waals surface area contributed by atoms with Gasteiger partial charge < -0.3 is 10.1 Å². The Morgan fingerprint density at radius 2 is 2.00 bits per heavy atom. The number of thiazole rings is 1. The number of amides is 1. The molecule has 0 aliphatic rings. The van der Waals surface area contributed by atoms with Crippen LogP contribution < -0.4 is 10.1 Å². The molecule has 154 valence electrons. The van der Waals surface area contributed by atoms with Crippen molar-refractivity contribution in [2.45, 2.75) is 33.9 Å². The van der Waals surface area contributed by atoms with Crippen molar-refractivity contribution in [3.63, 3.8) is 0 Å². The topological polar surface area (TPSA) is 69.0 Å². The van der Waals surface area contributed by atoms with Crippen molar-refractivity contribution in [2.24, 2.45) is 5.92 Å². The van der Waals surface area contributed by atoms with Crippen molar-refractivity contribution < 1.29 is 18.3 Å². The van der Waals surface area contributed by atoms with E-state index in [-0.39, 0.29) is 17.6 Å². The Morgan fingerprint density at radius 3 is 2.59 bits per heavy atom. The maximum absolute atomic E-state index is 12.5. The van der Waals surface area contributed by atoms with E-state index in [9.17, 15) is 13.6 Å². The van der Waals surface area contributed by atoms with Crippen LogP contribution in [-0.4, -0.2) is 27.3 Å². The molecular formula is C19H19BrF2N4O2S. The van der Waals surface area contributed by atoms with Gasteiger partial charge >= 0.3 is 6.61 Å². The number of carbonyl (C=O) groups is 1. The highest BCUT2D eigenvalue weighted by molar-refractivity contribution is 9.10. The molecule has 0 spiro atoms. The van der Waals surface area contributed by atoms with Gasteiger partial charge in [0.05, 0.1) is 28.3 Å². The molecule has 2 aromatic heterocycles. The summed E-state index contributed by atoms with van der Waals surface area (Å²) in [5.74, 6) is -0.384. The molecule has 6 nitrogen and oxygen atoms in total. The van der Waals surface area contributed by atoms with Gasteiger partial charge in [-0.3, -0.25) is 9.48 Å². The average molecular weight is 485 g/mol. The van der Waals surface area contributed by atoms with Gasteiger partial charge in [0.2, 0.25) is 5.91 Å². The predicted octanol–water partition coefficient (Wildman–Crippen LogP) is 5.26. The van der Waals surface area contributed by atoms with E-state index in [0.29, 0.717) is 17.4 Å². The van der Waals surface area contributed by atoms with E-state index >= 15 is 0 Å². The molecular weight excluding hydrogens is 466 g/mol. The number of hydrogen-bond donors (Lipinski definition) is 1. The molecule has 1 unspecified atom stereocenters. The third-order valence-electron chi connectivity index (χ3n) is 4.30. The first-order valence-corrected chi connectivity index (χ1v) is 10.4. The Labute approximate surface area is 179 Å². The fourth-order valence-corrected chi connectivity index (χ4v) is 3.70. The third kappa shape index (κ3) is 5.18. The summed E-state index contributed by atoms with van der Waals surface area (Å²) in [4.78, 5) is 16.9. The van der Waals surface area contributed by atoms with Crippen LogP contribution in [0, 0.1) is 19.8 Å². The van der Waals surface area contributed by atoms with Gasteiger partial charge in [0.1, 0.15) is 5.75 Å². The number of alkyl halides is 2. The zero-order valence-corrected chi connectivity index (χ0v) is 18.4. The largest absolute Gasteiger partial charge is 0.435 e. The molecule has 2 heterocycles. The molecule has 0 radical (unpaired) electrons. The predicted molar refractivity (Wildman–Crippen MR) is 111 cm³/mol. The molecule has 10 heteroatoms. The Morgan fingerprint density at radius 1 is 1.31 bits per heavy atom. The molecule has 1 amide bonds. The summed E-state index contributed by atoms with van der Waals surface area (Å²) in [6.07, 6.45) is 0. The second-order valence-corrected chi connectivity index (χ2v) is 8.15. The van der Waals surface area contributed by atoms with Crippen LogP contribution in [0.1, 0.15) is 18.3 Å². The van der Waals surface area contributed by atoms with Crippen molar-refractivity contribution in [1.82, 2.24) is 14.8 Å². The molecule has 3 aromatic rings. The van der Waals surface area contributed by atoms with Gasteiger partial charge in [-0.15, -0.1) is 11.3 Å². The van der Waals surface area contributed by atoms with Crippen LogP contribution in [0.5, 0.6) is 5.75 Å². The molecule has 3 rings (SSSR count). The van der Waals surface area contributed by atoms with E-state index < -0.39 is 6.61 Å². The first kappa shape index (κ1) is 21.4. The van der Waals surface area contributed by atoms with E-state index in [0.717, 1.165) is 21.4 Å². The Kier molecular flexibility index (Phi) is 6.63. The number of halogens is 3. The second-order valence-electron chi connectivity index (χ2n) is 6.50. The van der Waals surface area contributed by atoms with Crippen molar-refractivity contribution >= 4 is 38.3 Å². The van der Waals surface area contributed by atoms with Crippen LogP contribution in [0.15, 0.2) is 34.1 Å². The number of rotatable bonds is 7. The molecule has 29 heavy (non-hydrogen) atoms. The van der Waals surface area contributed by atoms with E-state index in [4.69, 9.17) is 0 Å². The van der Waals surface area contributed by atoms with Crippen LogP contribution >= 0.6 is 27.3 Å². The summed E-state index contributed by atoms with van der Waals surface area (Å²) in [5, 5.41) is 9.51. The first-order valence-electron chi connectivity index (χ1n) is 8.75. The third-order valence-corrected chi connectivity index (χ3v) is 6.20. The Bertz CT molecular complexity index is 1000. The van der Waals surface area contributed by atoms with Crippen LogP contribution in [-0.2, 0) is 11.3 Å². The van der Waals surface area contributed by atoms with Crippen molar-refractivity contribution in [2.75, 3.05) is 5.32 Å². The fraction of sp³-hybridized carbons (Fsp3) is 0.316. The van der Waals surface area contributed by atoms with Crippen LogP contribution in [0.3, 0.4) is 0 Å². The van der Waals surface area contributed by atoms with Crippen molar-refractivity contribution in [1.29, 1.82) is 0 Å². The SMILES string of the molecule is Cc1nn(CC(C)C(=O)Nc2nc(-c3ccc(OC(F)F)cc3)cs2)c(C)c1Br. The molecule has 0 bridgehead atoms. The normalized spacial score (nSPS) is 12.2. The molecule has 0 saturated heterocycles. The lowest BCUT2D eigenvalue weighted by Crippen LogP contribution is -2.25. The van der Waals surface area contributed by atoms with Crippen molar-refractivity contribution in [3.05, 3.63) is 45.5 Å². The molecule has 1 atom stereocenters. The molecule has 0 saturated carbocycles. The van der Waals surface area contributed by atoms with E-state index in [1.165, 1.54) is 23.5 Å². The number of hydrogen-bond acceptors (Lipinski definition) is 5. The highest BCUT2D eigenvalue weighted by Gasteiger charge is 2.18. The second kappa shape index (κ2) is 9.00. The summed E-state index contributed by atoms with van der Waals surface area (Å²) in [7, 11) is 0. The zero-order chi connectivity index (χ0) is 21.1. The minimum absolute atomic E-state index is 0.0807. The zero-order valence-electron chi connectivity index (χ0n) is 15.9. The number of carbonyl (C=O) groups excluding carboxylic acids is 1. The molecule has 1 aromatic carbocycles. The Balaban J connectivity index is 1.63. The number of anilines is 1. The standard InChI is InChI=1S/C19H19BrF2N4O2S/c1-10(8-26-12(3)16(20)11(2)25-26)17(27)24-19-23-15(9-29-19)13-4-6-14(7-5-13)28-18(21)22/h4-7,9-10,18H,8H2,1-3H3,(H,23,24,27). The molecule has 0 fully saturated rings. The van der Waals surface area contributed by atoms with Gasteiger partial charge in [-0.25, -0.2) is 4.98 Å². The number of benzene rings is 1. The van der Waals surface area contributed by atoms with Gasteiger partial charge in [-0.2, -0.15) is 13.9 Å². The van der Waals surface area contributed by atoms with Gasteiger partial charge in [-0.1, -0.05) is 6.92 Å². The lowest BCUT2D eigenvalue weighted by atomic mass is 10.1. The lowest BCUT2D eigenvalue weighted by molar-refractivity contribution is -0.119. The number of nitrogens with one attached hydrogen (secondary N) is 1. The quantitative estimate of drug-likeness (QED) is 0.496. The maximum atomic E-state index is 12.5. The number of aromatic nitrogens is 3. The molecule has 0 aliphatic heterocycles. The molecule has 1 N–H and O–H groups in total. The lowest BCUT2D eigenvalue weighted by Gasteiger charge is -2.12. The van der Waals surface area contributed by atoms with E-state index in [1.54, 1.807) is 22.2 Å². The number of aryl methyl sites for hydroxylation is 1. The first-order chi connectivity index (χ1) is 13.7. The number of ether oxygens (including phenoxy) is 1. The van der Waals surface area contributed by atoms with Crippen LogP contribution in [0.25, 0.3) is 11.3 Å². The highest BCUT2D eigenvalue weighted by Crippen LogP contribution is 2.27. The van der Waals surface area contributed by atoms with Crippen LogP contribution in [0.4, 0.5) is 13.9 Å². The maximum Gasteiger partial charge on any atom is 0.387 e. The van der Waals surface area contributed by atoms with Crippen molar-refractivity contribution in [3.8, 4) is 17.0 Å². The smallest absolute Gasteiger partial charge is 0.387 e. The fourth-order valence-electron chi connectivity index (χ4n) is 2.69. The minimum atomic E-state index is -2.86. The van der Waals surface area contributed by atoms with E-state index in [2.05, 4.69) is 36.1 Å². The monoisotopic (exact) mass is 484 g/mol. The summed E-state index contributed by atoms with van der Waals surface area (Å²) in [6.45, 7) is 3.27. The Hall–Kier alpha value is -2.33. The highest BCUT2D eigenvalue weighted by atomic mass is 79.9. The van der Waals surface area contributed by atoms with Crippen LogP contribution in [0.2, 0.25) is 0 Å². The number of nitrogens with zero attached hydrogens (tertiary/aromatic N) is 3. The summed E-state index contributed by atoms with van der Waals surface area (Å²) in [5.41, 5.74) is 3.23. The summed E-state index contributed by atoms with van der Waals surface area (Å²) < 4.78 is 31.6. The van der Waals surface area contributed by atoms with Gasteiger partial charge in [0, 0.05) is 16.6 Å². The van der Waals surface area contributed by atoms with Gasteiger partial charge in [-0.05, 0) is 54.0 Å². The minimum Gasteiger partial charge on any atom is -0.435 e. The summed E-state index contributed by atoms with van der Waals surface area (Å²) >= 11 is 4.78. The summed E-state index contributed by atoms with van der Waals surface area (Å²) in [6, 6.07) is 6.19. The average Bonchev–Trinajstić information content (AvgIpc) is 3.22.